The topological polar surface area (TPSA) is 256 Å². The number of phosphoric acid groups is 2. The van der Waals surface area contributed by atoms with Gasteiger partial charge in [-0.25, -0.2) is 9.13 Å². The summed E-state index contributed by atoms with van der Waals surface area (Å²) in [5.74, 6) is -0.659. The Balaban J connectivity index is 4.88. The lowest BCUT2D eigenvalue weighted by Crippen LogP contribution is -2.30. The molecule has 2 unspecified atom stereocenters. The SMILES string of the molecule is CCCCC[C@@H](O)/C=C/C=C\C=C\C=C\[C@@H](O)[C@H](O)CCCC(=O)OC[C@H](COP(=O)(O)OC[C@@H](O)COP(=O)(O)O)OC(=O)CCCCCCCCC(C)CC. The van der Waals surface area contributed by atoms with Crippen LogP contribution in [-0.4, -0.2) is 104 Å². The molecule has 0 aliphatic heterocycles. The number of allylic oxidation sites excluding steroid dienone is 6. The molecule has 0 rings (SSSR count). The van der Waals surface area contributed by atoms with Crippen molar-refractivity contribution in [1.82, 2.24) is 0 Å². The lowest BCUT2D eigenvalue weighted by Gasteiger charge is -2.20. The monoisotopic (exact) mass is 856 g/mol. The summed E-state index contributed by atoms with van der Waals surface area (Å²) in [5.41, 5.74) is 0. The van der Waals surface area contributed by atoms with Gasteiger partial charge in [0.15, 0.2) is 6.10 Å². The van der Waals surface area contributed by atoms with Crippen molar-refractivity contribution in [2.75, 3.05) is 26.4 Å². The zero-order valence-corrected chi connectivity index (χ0v) is 35.7. The number of aliphatic hydroxyl groups excluding tert-OH is 4. The Morgan fingerprint density at radius 3 is 1.82 bits per heavy atom. The Bertz CT molecular complexity index is 1270. The van der Waals surface area contributed by atoms with Crippen LogP contribution >= 0.6 is 15.6 Å². The second kappa shape index (κ2) is 33.8. The normalized spacial score (nSPS) is 16.9. The summed E-state index contributed by atoms with van der Waals surface area (Å²) in [7, 11) is -9.78. The zero-order chi connectivity index (χ0) is 43.0. The van der Waals surface area contributed by atoms with Crippen LogP contribution in [0.5, 0.6) is 0 Å². The Labute approximate surface area is 338 Å². The molecule has 7 N–H and O–H groups in total. The lowest BCUT2D eigenvalue weighted by atomic mass is 10.00. The molecule has 0 aliphatic rings. The second-order valence-corrected chi connectivity index (χ2v) is 16.7. The summed E-state index contributed by atoms with van der Waals surface area (Å²) >= 11 is 0. The number of esters is 2. The standard InChI is InChI=1S/C39H70O16P2/c1-4-6-15-22-33(40)23-17-12-8-9-13-18-24-36(42)37(43)25-20-27-38(44)51-30-35(31-54-57(49,50)53-29-34(41)28-52-56(46,47)48)55-39(45)26-19-14-10-7-11-16-21-32(3)5-2/h8-9,12-13,17-18,23-24,32-37,40-43H,4-7,10-11,14-16,19-22,25-31H2,1-3H3,(H,49,50)(H2,46,47,48)/b12-8-,13-9+,23-17+,24-18+/t32?,33-,34+,35-,36-,37-/m1/s1. The van der Waals surface area contributed by atoms with E-state index in [1.165, 1.54) is 12.5 Å². The van der Waals surface area contributed by atoms with E-state index < -0.39 is 84.5 Å². The van der Waals surface area contributed by atoms with Crippen LogP contribution in [0.4, 0.5) is 0 Å². The van der Waals surface area contributed by atoms with E-state index >= 15 is 0 Å². The van der Waals surface area contributed by atoms with E-state index in [2.05, 4.69) is 29.8 Å². The van der Waals surface area contributed by atoms with Crippen molar-refractivity contribution < 1.29 is 76.9 Å². The fraction of sp³-hybridized carbons (Fsp3) is 0.744. The summed E-state index contributed by atoms with van der Waals surface area (Å²) in [6.07, 6.45) is 19.5. The smallest absolute Gasteiger partial charge is 0.462 e. The third-order valence-electron chi connectivity index (χ3n) is 8.62. The predicted molar refractivity (Wildman–Crippen MR) is 216 cm³/mol. The van der Waals surface area contributed by atoms with E-state index in [0.717, 1.165) is 64.2 Å². The van der Waals surface area contributed by atoms with E-state index in [0.29, 0.717) is 12.3 Å². The minimum absolute atomic E-state index is 0.0547. The van der Waals surface area contributed by atoms with Crippen molar-refractivity contribution in [3.05, 3.63) is 48.6 Å². The van der Waals surface area contributed by atoms with E-state index in [9.17, 15) is 44.0 Å². The number of unbranched alkanes of at least 4 members (excludes halogenated alkanes) is 7. The first-order valence-electron chi connectivity index (χ1n) is 20.1. The lowest BCUT2D eigenvalue weighted by molar-refractivity contribution is -0.161. The highest BCUT2D eigenvalue weighted by Gasteiger charge is 2.28. The number of phosphoric ester groups is 2. The van der Waals surface area contributed by atoms with Crippen LogP contribution in [0.15, 0.2) is 48.6 Å². The van der Waals surface area contributed by atoms with Crippen molar-refractivity contribution in [3.63, 3.8) is 0 Å². The first kappa shape index (κ1) is 55.0. The first-order valence-corrected chi connectivity index (χ1v) is 23.1. The van der Waals surface area contributed by atoms with E-state index in [4.69, 9.17) is 23.8 Å². The molecule has 0 aliphatic carbocycles. The van der Waals surface area contributed by atoms with E-state index in [1.807, 2.05) is 0 Å². The van der Waals surface area contributed by atoms with Crippen LogP contribution in [0, 0.1) is 5.92 Å². The molecule has 0 aromatic rings. The Hall–Kier alpha value is -2.04. The minimum atomic E-state index is -4.90. The molecular weight excluding hydrogens is 786 g/mol. The van der Waals surface area contributed by atoms with E-state index in [-0.39, 0.29) is 25.7 Å². The number of carbonyl (C=O) groups is 2. The maximum absolute atomic E-state index is 12.6. The third-order valence-corrected chi connectivity index (χ3v) is 10.1. The number of hydrogen-bond acceptors (Lipinski definition) is 13. The van der Waals surface area contributed by atoms with Gasteiger partial charge in [0.25, 0.3) is 0 Å². The molecule has 0 spiro atoms. The van der Waals surface area contributed by atoms with Gasteiger partial charge >= 0.3 is 27.6 Å². The Kier molecular flexibility index (Phi) is 32.5. The van der Waals surface area contributed by atoms with Gasteiger partial charge in [-0.3, -0.25) is 23.2 Å². The quantitative estimate of drug-likeness (QED) is 0.0159. The summed E-state index contributed by atoms with van der Waals surface area (Å²) in [4.78, 5) is 52.5. The van der Waals surface area contributed by atoms with Gasteiger partial charge in [0.05, 0.1) is 38.1 Å². The minimum Gasteiger partial charge on any atom is -0.462 e. The van der Waals surface area contributed by atoms with Gasteiger partial charge in [0.1, 0.15) is 12.7 Å². The number of ether oxygens (including phenoxy) is 2. The van der Waals surface area contributed by atoms with Crippen LogP contribution in [0.2, 0.25) is 0 Å². The first-order chi connectivity index (χ1) is 27.0. The molecule has 0 fully saturated rings. The number of rotatable bonds is 36. The molecule has 57 heavy (non-hydrogen) atoms. The molecule has 0 heterocycles. The molecule has 0 saturated carbocycles. The summed E-state index contributed by atoms with van der Waals surface area (Å²) in [6, 6.07) is 0. The van der Waals surface area contributed by atoms with Crippen LogP contribution < -0.4 is 0 Å². The molecule has 18 heteroatoms. The van der Waals surface area contributed by atoms with Crippen LogP contribution in [0.1, 0.15) is 124 Å². The van der Waals surface area contributed by atoms with Crippen LogP contribution in [0.25, 0.3) is 0 Å². The molecule has 0 aromatic carbocycles. The molecule has 0 aromatic heterocycles. The molecular formula is C39H70O16P2. The van der Waals surface area contributed by atoms with Gasteiger partial charge < -0.3 is 44.6 Å². The molecule has 332 valence electrons. The van der Waals surface area contributed by atoms with Crippen molar-refractivity contribution >= 4 is 27.6 Å². The van der Waals surface area contributed by atoms with E-state index in [1.54, 1.807) is 42.5 Å². The third kappa shape index (κ3) is 35.6. The summed E-state index contributed by atoms with van der Waals surface area (Å²) in [6.45, 7) is 3.45. The van der Waals surface area contributed by atoms with Crippen molar-refractivity contribution in [1.29, 1.82) is 0 Å². The maximum atomic E-state index is 12.6. The highest BCUT2D eigenvalue weighted by molar-refractivity contribution is 7.47. The van der Waals surface area contributed by atoms with Gasteiger partial charge in [-0.05, 0) is 31.6 Å². The van der Waals surface area contributed by atoms with Gasteiger partial charge in [-0.2, -0.15) is 0 Å². The van der Waals surface area contributed by atoms with Crippen molar-refractivity contribution in [2.24, 2.45) is 5.92 Å². The van der Waals surface area contributed by atoms with Gasteiger partial charge in [-0.15, -0.1) is 0 Å². The zero-order valence-electron chi connectivity index (χ0n) is 33.9. The predicted octanol–water partition coefficient (Wildman–Crippen LogP) is 6.27. The maximum Gasteiger partial charge on any atom is 0.472 e. The molecule has 7 atom stereocenters. The Morgan fingerprint density at radius 2 is 1.18 bits per heavy atom. The van der Waals surface area contributed by atoms with Crippen molar-refractivity contribution in [2.45, 2.75) is 154 Å². The molecule has 0 saturated heterocycles. The Morgan fingerprint density at radius 1 is 0.614 bits per heavy atom. The van der Waals surface area contributed by atoms with Gasteiger partial charge in [0.2, 0.25) is 0 Å². The summed E-state index contributed by atoms with van der Waals surface area (Å²) < 4.78 is 47.3. The largest absolute Gasteiger partial charge is 0.472 e. The fourth-order valence-corrected chi connectivity index (χ4v) is 6.16. The second-order valence-electron chi connectivity index (χ2n) is 14.0. The number of hydrogen-bond donors (Lipinski definition) is 7. The molecule has 0 bridgehead atoms. The molecule has 0 radical (unpaired) electrons. The average molecular weight is 857 g/mol. The summed E-state index contributed by atoms with van der Waals surface area (Å²) in [5, 5.41) is 40.1. The van der Waals surface area contributed by atoms with Crippen LogP contribution in [-0.2, 0) is 41.8 Å². The van der Waals surface area contributed by atoms with Gasteiger partial charge in [0, 0.05) is 12.8 Å². The molecule has 0 amide bonds. The molecule has 16 nitrogen and oxygen atoms in total. The highest BCUT2D eigenvalue weighted by Crippen LogP contribution is 2.43. The van der Waals surface area contributed by atoms with Crippen molar-refractivity contribution in [3.8, 4) is 0 Å². The van der Waals surface area contributed by atoms with Gasteiger partial charge in [-0.1, -0.05) is 134 Å². The fourth-order valence-electron chi connectivity index (χ4n) is 5.00. The van der Waals surface area contributed by atoms with Crippen LogP contribution in [0.3, 0.4) is 0 Å². The number of aliphatic hydroxyl groups is 4. The highest BCUT2D eigenvalue weighted by atomic mass is 31.2. The number of carbonyl (C=O) groups excluding carboxylic acids is 2. The average Bonchev–Trinajstić information content (AvgIpc) is 3.15.